The Morgan fingerprint density at radius 1 is 1.18 bits per heavy atom. The second kappa shape index (κ2) is 4.85. The Balaban J connectivity index is 1.91. The Bertz CT molecular complexity index is 407. The van der Waals surface area contributed by atoms with Gasteiger partial charge < -0.3 is 0 Å². The Labute approximate surface area is 100 Å². The summed E-state index contributed by atoms with van der Waals surface area (Å²) in [5, 5.41) is 0. The van der Waals surface area contributed by atoms with Gasteiger partial charge in [-0.3, -0.25) is 4.90 Å². The van der Waals surface area contributed by atoms with Crippen LogP contribution in [0.1, 0.15) is 24.0 Å². The van der Waals surface area contributed by atoms with E-state index in [0.29, 0.717) is 13.1 Å². The first kappa shape index (κ1) is 12.1. The van der Waals surface area contributed by atoms with Gasteiger partial charge in [-0.25, -0.2) is 8.78 Å². The monoisotopic (exact) mass is 235 g/mol. The average Bonchev–Trinajstić information content (AvgIpc) is 2.33. The molecular formula is C14H15F2N. The molecule has 0 atom stereocenters. The first-order valence-corrected chi connectivity index (χ1v) is 5.75. The van der Waals surface area contributed by atoms with E-state index in [1.165, 1.54) is 0 Å². The highest BCUT2D eigenvalue weighted by atomic mass is 19.3. The lowest BCUT2D eigenvalue weighted by Gasteiger charge is -2.31. The quantitative estimate of drug-likeness (QED) is 0.712. The van der Waals surface area contributed by atoms with Crippen LogP contribution in [0.2, 0.25) is 0 Å². The van der Waals surface area contributed by atoms with Crippen molar-refractivity contribution < 1.29 is 8.78 Å². The molecule has 0 radical (unpaired) electrons. The van der Waals surface area contributed by atoms with Crippen molar-refractivity contribution >= 4 is 0 Å². The van der Waals surface area contributed by atoms with Crippen LogP contribution in [0.4, 0.5) is 8.78 Å². The molecule has 1 heterocycles. The van der Waals surface area contributed by atoms with E-state index in [4.69, 9.17) is 6.42 Å². The Morgan fingerprint density at radius 2 is 1.76 bits per heavy atom. The van der Waals surface area contributed by atoms with Gasteiger partial charge in [-0.15, -0.1) is 6.42 Å². The fourth-order valence-corrected chi connectivity index (χ4v) is 2.00. The number of alkyl halides is 2. The molecule has 0 saturated carbocycles. The molecule has 0 bridgehead atoms. The zero-order chi connectivity index (χ0) is 12.3. The summed E-state index contributed by atoms with van der Waals surface area (Å²) < 4.78 is 25.9. The number of likely N-dealkylation sites (tertiary alicyclic amines) is 1. The topological polar surface area (TPSA) is 3.24 Å². The van der Waals surface area contributed by atoms with E-state index in [0.717, 1.165) is 17.7 Å². The summed E-state index contributed by atoms with van der Waals surface area (Å²) in [6, 6.07) is 7.69. The van der Waals surface area contributed by atoms with Crippen molar-refractivity contribution in [2.45, 2.75) is 25.3 Å². The third-order valence-electron chi connectivity index (χ3n) is 3.11. The van der Waals surface area contributed by atoms with E-state index in [2.05, 4.69) is 10.8 Å². The number of rotatable bonds is 2. The number of terminal acetylenes is 1. The summed E-state index contributed by atoms with van der Waals surface area (Å²) in [5.41, 5.74) is 1.97. The second-order valence-electron chi connectivity index (χ2n) is 4.47. The predicted octanol–water partition coefficient (Wildman–Crippen LogP) is 2.90. The molecule has 3 heteroatoms. The molecule has 2 rings (SSSR count). The lowest BCUT2D eigenvalue weighted by Crippen LogP contribution is -2.38. The molecule has 90 valence electrons. The minimum Gasteiger partial charge on any atom is -0.299 e. The Morgan fingerprint density at radius 3 is 2.29 bits per heavy atom. The molecule has 1 aromatic rings. The van der Waals surface area contributed by atoms with Gasteiger partial charge in [0.2, 0.25) is 0 Å². The van der Waals surface area contributed by atoms with E-state index in [1.807, 2.05) is 24.3 Å². The first-order valence-electron chi connectivity index (χ1n) is 5.75. The van der Waals surface area contributed by atoms with Crippen LogP contribution in [0.25, 0.3) is 0 Å². The molecule has 1 saturated heterocycles. The molecule has 0 spiro atoms. The normalized spacial score (nSPS) is 19.8. The van der Waals surface area contributed by atoms with Gasteiger partial charge in [-0.2, -0.15) is 0 Å². The summed E-state index contributed by atoms with van der Waals surface area (Å²) in [6.45, 7) is 1.65. The highest BCUT2D eigenvalue weighted by molar-refractivity contribution is 5.34. The third-order valence-corrected chi connectivity index (χ3v) is 3.11. The van der Waals surface area contributed by atoms with Crippen LogP contribution in [-0.4, -0.2) is 23.9 Å². The van der Waals surface area contributed by atoms with Crippen molar-refractivity contribution in [3.63, 3.8) is 0 Å². The number of halogens is 2. The predicted molar refractivity (Wildman–Crippen MR) is 63.8 cm³/mol. The maximum Gasteiger partial charge on any atom is 0.250 e. The maximum atomic E-state index is 13.0. The summed E-state index contributed by atoms with van der Waals surface area (Å²) in [4.78, 5) is 2.06. The molecule has 17 heavy (non-hydrogen) atoms. The highest BCUT2D eigenvalue weighted by Gasteiger charge is 2.33. The molecule has 1 fully saturated rings. The van der Waals surface area contributed by atoms with Crippen LogP contribution in [0, 0.1) is 12.3 Å². The summed E-state index contributed by atoms with van der Waals surface area (Å²) in [5.74, 6) is 0.0874. The fraction of sp³-hybridized carbons (Fsp3) is 0.429. The minimum absolute atomic E-state index is 0.0323. The zero-order valence-electron chi connectivity index (χ0n) is 9.63. The van der Waals surface area contributed by atoms with Crippen molar-refractivity contribution in [3.8, 4) is 12.3 Å². The number of hydrogen-bond acceptors (Lipinski definition) is 1. The molecule has 1 aliphatic heterocycles. The largest absolute Gasteiger partial charge is 0.299 e. The zero-order valence-corrected chi connectivity index (χ0v) is 9.63. The molecule has 0 aliphatic carbocycles. The van der Waals surface area contributed by atoms with Crippen molar-refractivity contribution in [1.82, 2.24) is 4.90 Å². The van der Waals surface area contributed by atoms with Crippen molar-refractivity contribution in [1.29, 1.82) is 0 Å². The third kappa shape index (κ3) is 3.28. The molecule has 1 nitrogen and oxygen atoms in total. The smallest absolute Gasteiger partial charge is 0.250 e. The van der Waals surface area contributed by atoms with Gasteiger partial charge in [-0.05, 0) is 17.7 Å². The van der Waals surface area contributed by atoms with E-state index in [9.17, 15) is 8.78 Å². The van der Waals surface area contributed by atoms with Crippen LogP contribution < -0.4 is 0 Å². The van der Waals surface area contributed by atoms with Gasteiger partial charge in [0, 0.05) is 38.0 Å². The molecule has 0 unspecified atom stereocenters. The molecule has 0 amide bonds. The first-order chi connectivity index (χ1) is 8.09. The second-order valence-corrected chi connectivity index (χ2v) is 4.47. The van der Waals surface area contributed by atoms with Gasteiger partial charge in [0.05, 0.1) is 0 Å². The van der Waals surface area contributed by atoms with Crippen LogP contribution in [0.15, 0.2) is 24.3 Å². The Hall–Kier alpha value is -1.40. The van der Waals surface area contributed by atoms with Gasteiger partial charge in [0.25, 0.3) is 5.92 Å². The van der Waals surface area contributed by atoms with Crippen LogP contribution in [-0.2, 0) is 6.54 Å². The van der Waals surface area contributed by atoms with Crippen LogP contribution in [0.3, 0.4) is 0 Å². The molecule has 0 N–H and O–H groups in total. The van der Waals surface area contributed by atoms with Gasteiger partial charge in [0.1, 0.15) is 0 Å². The lowest BCUT2D eigenvalue weighted by atomic mass is 10.1. The van der Waals surface area contributed by atoms with Crippen LogP contribution >= 0.6 is 0 Å². The van der Waals surface area contributed by atoms with Crippen molar-refractivity contribution in [2.24, 2.45) is 0 Å². The summed E-state index contributed by atoms with van der Waals surface area (Å²) in [7, 11) is 0. The summed E-state index contributed by atoms with van der Waals surface area (Å²) in [6.07, 6.45) is 5.21. The van der Waals surface area contributed by atoms with Gasteiger partial charge >= 0.3 is 0 Å². The van der Waals surface area contributed by atoms with Gasteiger partial charge in [0.15, 0.2) is 0 Å². The Kier molecular flexibility index (Phi) is 3.44. The van der Waals surface area contributed by atoms with E-state index in [-0.39, 0.29) is 12.8 Å². The van der Waals surface area contributed by atoms with Gasteiger partial charge in [-0.1, -0.05) is 18.1 Å². The molecule has 0 aromatic heterocycles. The van der Waals surface area contributed by atoms with E-state index >= 15 is 0 Å². The lowest BCUT2D eigenvalue weighted by molar-refractivity contribution is -0.0566. The molecule has 1 aromatic carbocycles. The standard InChI is InChI=1S/C14H15F2N/c1-2-12-3-5-13(6-4-12)11-17-9-7-14(15,16)8-10-17/h1,3-6H,7-11H2. The molecular weight excluding hydrogens is 220 g/mol. The van der Waals surface area contributed by atoms with Crippen LogP contribution in [0.5, 0.6) is 0 Å². The van der Waals surface area contributed by atoms with E-state index < -0.39 is 5.92 Å². The number of piperidine rings is 1. The average molecular weight is 235 g/mol. The molecule has 1 aliphatic rings. The summed E-state index contributed by atoms with van der Waals surface area (Å²) >= 11 is 0. The van der Waals surface area contributed by atoms with Crippen molar-refractivity contribution in [3.05, 3.63) is 35.4 Å². The van der Waals surface area contributed by atoms with Crippen molar-refractivity contribution in [2.75, 3.05) is 13.1 Å². The number of nitrogens with zero attached hydrogens (tertiary/aromatic N) is 1. The highest BCUT2D eigenvalue weighted by Crippen LogP contribution is 2.28. The maximum absolute atomic E-state index is 13.0. The minimum atomic E-state index is -2.47. The number of hydrogen-bond donors (Lipinski definition) is 0. The fourth-order valence-electron chi connectivity index (χ4n) is 2.00. The number of benzene rings is 1. The van der Waals surface area contributed by atoms with E-state index in [1.54, 1.807) is 0 Å². The SMILES string of the molecule is C#Cc1ccc(CN2CCC(F)(F)CC2)cc1.